The third kappa shape index (κ3) is 3.74. The first kappa shape index (κ1) is 19.2. The van der Waals surface area contributed by atoms with Gasteiger partial charge in [-0.05, 0) is 36.8 Å². The van der Waals surface area contributed by atoms with Crippen molar-refractivity contribution >= 4 is 17.0 Å². The fourth-order valence-corrected chi connectivity index (χ4v) is 3.56. The van der Waals surface area contributed by atoms with E-state index in [-0.39, 0.29) is 5.95 Å². The Hall–Kier alpha value is -3.75. The fourth-order valence-electron chi connectivity index (χ4n) is 3.56. The number of hydrogen-bond donors (Lipinski definition) is 0. The molecule has 5 rings (SSSR count). The molecule has 0 atom stereocenters. The quantitative estimate of drug-likeness (QED) is 0.425. The number of methoxy groups -OCH3 is 1. The Morgan fingerprint density at radius 3 is 2.65 bits per heavy atom. The number of carbonyl (C=O) groups excluding carboxylic acids is 1. The number of fused-ring (bicyclic) bond motifs is 1. The summed E-state index contributed by atoms with van der Waals surface area (Å²) in [6, 6.07) is 8.68. The van der Waals surface area contributed by atoms with Gasteiger partial charge in [0.15, 0.2) is 0 Å². The number of hydrogen-bond acceptors (Lipinski definition) is 7. The highest BCUT2D eigenvalue weighted by molar-refractivity contribution is 5.88. The van der Waals surface area contributed by atoms with Crippen molar-refractivity contribution in [3.63, 3.8) is 0 Å². The fraction of sp³-hybridized carbons (Fsp3) is 0.318. The van der Waals surface area contributed by atoms with Gasteiger partial charge in [-0.2, -0.15) is 15.2 Å². The molecule has 9 nitrogen and oxygen atoms in total. The van der Waals surface area contributed by atoms with Crippen LogP contribution in [0.3, 0.4) is 0 Å². The predicted octanol–water partition coefficient (Wildman–Crippen LogP) is 3.12. The van der Waals surface area contributed by atoms with Gasteiger partial charge in [0.1, 0.15) is 11.0 Å². The Morgan fingerprint density at radius 1 is 1.13 bits per heavy atom. The lowest BCUT2D eigenvalue weighted by Gasteiger charge is -2.09. The Morgan fingerprint density at radius 2 is 1.94 bits per heavy atom. The van der Waals surface area contributed by atoms with Gasteiger partial charge in [-0.1, -0.05) is 24.3 Å². The van der Waals surface area contributed by atoms with E-state index in [1.54, 1.807) is 20.2 Å². The largest absolute Gasteiger partial charge is 0.479 e. The molecule has 0 aliphatic heterocycles. The van der Waals surface area contributed by atoms with Crippen LogP contribution in [0.2, 0.25) is 0 Å². The van der Waals surface area contributed by atoms with E-state index in [1.807, 2.05) is 4.68 Å². The zero-order chi connectivity index (χ0) is 21.4. The molecule has 0 amide bonds. The molecule has 0 unspecified atom stereocenters. The molecule has 0 radical (unpaired) electrons. The zero-order valence-electron chi connectivity index (χ0n) is 17.4. The second-order valence-electron chi connectivity index (χ2n) is 7.48. The summed E-state index contributed by atoms with van der Waals surface area (Å²) >= 11 is 0. The molecule has 0 bridgehead atoms. The van der Waals surface area contributed by atoms with Gasteiger partial charge in [-0.25, -0.2) is 14.5 Å². The van der Waals surface area contributed by atoms with E-state index in [0.29, 0.717) is 35.6 Å². The number of benzene rings is 1. The SMILES string of the molecule is CCOC(=O)c1cnn(-c2nc(OC)c3c(cnn3Cc3ccc(C4CC4)cc3)n2)c1. The van der Waals surface area contributed by atoms with Gasteiger partial charge in [0.25, 0.3) is 5.95 Å². The summed E-state index contributed by atoms with van der Waals surface area (Å²) in [4.78, 5) is 20.9. The maximum Gasteiger partial charge on any atom is 0.341 e. The Balaban J connectivity index is 1.45. The molecular formula is C22H22N6O3. The standard InChI is InChI=1S/C22H22N6O3/c1-3-31-21(29)17-10-23-28(13-17)22-25-18-11-24-27(19(18)20(26-22)30-2)12-14-4-6-15(7-5-14)16-8-9-16/h4-7,10-11,13,16H,3,8-9,12H2,1-2H3. The number of nitrogens with zero attached hydrogens (tertiary/aromatic N) is 6. The molecule has 0 saturated heterocycles. The van der Waals surface area contributed by atoms with Crippen LogP contribution >= 0.6 is 0 Å². The van der Waals surface area contributed by atoms with Gasteiger partial charge >= 0.3 is 5.97 Å². The molecule has 4 aromatic rings. The molecule has 1 aliphatic rings. The Labute approximate surface area is 178 Å². The molecule has 0 spiro atoms. The molecule has 1 aliphatic carbocycles. The molecular weight excluding hydrogens is 396 g/mol. The van der Waals surface area contributed by atoms with Crippen LogP contribution in [0.15, 0.2) is 42.9 Å². The minimum atomic E-state index is -0.442. The van der Waals surface area contributed by atoms with Crippen molar-refractivity contribution in [2.75, 3.05) is 13.7 Å². The first-order valence-electron chi connectivity index (χ1n) is 10.2. The smallest absolute Gasteiger partial charge is 0.341 e. The lowest BCUT2D eigenvalue weighted by Crippen LogP contribution is -2.07. The molecule has 1 aromatic carbocycles. The van der Waals surface area contributed by atoms with Crippen molar-refractivity contribution in [2.45, 2.75) is 32.2 Å². The lowest BCUT2D eigenvalue weighted by molar-refractivity contribution is 0.0526. The topological polar surface area (TPSA) is 97.0 Å². The second-order valence-corrected chi connectivity index (χ2v) is 7.48. The molecule has 9 heteroatoms. The van der Waals surface area contributed by atoms with Gasteiger partial charge in [-0.3, -0.25) is 4.68 Å². The van der Waals surface area contributed by atoms with E-state index < -0.39 is 5.97 Å². The van der Waals surface area contributed by atoms with E-state index in [4.69, 9.17) is 9.47 Å². The van der Waals surface area contributed by atoms with Gasteiger partial charge < -0.3 is 9.47 Å². The van der Waals surface area contributed by atoms with Crippen LogP contribution in [0.1, 0.15) is 47.2 Å². The van der Waals surface area contributed by atoms with E-state index in [0.717, 1.165) is 11.5 Å². The molecule has 1 saturated carbocycles. The van der Waals surface area contributed by atoms with Crippen LogP contribution in [-0.2, 0) is 11.3 Å². The van der Waals surface area contributed by atoms with Crippen molar-refractivity contribution in [3.8, 4) is 11.8 Å². The summed E-state index contributed by atoms with van der Waals surface area (Å²) < 4.78 is 13.8. The normalized spacial score (nSPS) is 13.5. The third-order valence-corrected chi connectivity index (χ3v) is 5.30. The van der Waals surface area contributed by atoms with Crippen LogP contribution in [0.5, 0.6) is 5.88 Å². The number of ether oxygens (including phenoxy) is 2. The van der Waals surface area contributed by atoms with Crippen LogP contribution in [0.4, 0.5) is 0 Å². The molecule has 158 valence electrons. The number of esters is 1. The summed E-state index contributed by atoms with van der Waals surface area (Å²) in [7, 11) is 1.56. The lowest BCUT2D eigenvalue weighted by atomic mass is 10.1. The van der Waals surface area contributed by atoms with Gasteiger partial charge in [0, 0.05) is 6.20 Å². The van der Waals surface area contributed by atoms with Crippen molar-refractivity contribution in [3.05, 3.63) is 59.5 Å². The van der Waals surface area contributed by atoms with Gasteiger partial charge in [-0.15, -0.1) is 0 Å². The van der Waals surface area contributed by atoms with E-state index in [9.17, 15) is 4.79 Å². The minimum Gasteiger partial charge on any atom is -0.479 e. The molecule has 1 fully saturated rings. The van der Waals surface area contributed by atoms with Crippen molar-refractivity contribution < 1.29 is 14.3 Å². The summed E-state index contributed by atoms with van der Waals surface area (Å²) in [6.45, 7) is 2.63. The molecule has 3 heterocycles. The third-order valence-electron chi connectivity index (χ3n) is 5.30. The van der Waals surface area contributed by atoms with Crippen LogP contribution in [0.25, 0.3) is 17.0 Å². The number of rotatable bonds is 7. The highest BCUT2D eigenvalue weighted by Gasteiger charge is 2.23. The molecule has 31 heavy (non-hydrogen) atoms. The summed E-state index contributed by atoms with van der Waals surface area (Å²) in [6.07, 6.45) is 7.21. The first-order chi connectivity index (χ1) is 15.2. The van der Waals surface area contributed by atoms with Crippen LogP contribution in [-0.4, -0.2) is 49.2 Å². The molecule has 3 aromatic heterocycles. The number of carbonyl (C=O) groups is 1. The Bertz CT molecular complexity index is 1240. The van der Waals surface area contributed by atoms with Crippen molar-refractivity contribution in [2.24, 2.45) is 0 Å². The number of aromatic nitrogens is 6. The van der Waals surface area contributed by atoms with Crippen molar-refractivity contribution in [1.29, 1.82) is 0 Å². The average Bonchev–Trinajstić information content (AvgIpc) is 3.37. The monoisotopic (exact) mass is 418 g/mol. The maximum atomic E-state index is 11.9. The maximum absolute atomic E-state index is 11.9. The van der Waals surface area contributed by atoms with Crippen LogP contribution in [0, 0.1) is 0 Å². The second kappa shape index (κ2) is 7.82. The van der Waals surface area contributed by atoms with Gasteiger partial charge in [0.2, 0.25) is 5.88 Å². The minimum absolute atomic E-state index is 0.285. The highest BCUT2D eigenvalue weighted by Crippen LogP contribution is 2.40. The summed E-state index contributed by atoms with van der Waals surface area (Å²) in [5.41, 5.74) is 4.21. The molecule has 0 N–H and O–H groups in total. The van der Waals surface area contributed by atoms with E-state index in [1.165, 1.54) is 35.5 Å². The van der Waals surface area contributed by atoms with E-state index >= 15 is 0 Å². The first-order valence-corrected chi connectivity index (χ1v) is 10.2. The van der Waals surface area contributed by atoms with Gasteiger partial charge in [0.05, 0.1) is 38.2 Å². The average molecular weight is 418 g/mol. The van der Waals surface area contributed by atoms with E-state index in [2.05, 4.69) is 44.4 Å². The zero-order valence-corrected chi connectivity index (χ0v) is 17.4. The predicted molar refractivity (Wildman–Crippen MR) is 112 cm³/mol. The highest BCUT2D eigenvalue weighted by atomic mass is 16.5. The van der Waals surface area contributed by atoms with Crippen molar-refractivity contribution in [1.82, 2.24) is 29.5 Å². The summed E-state index contributed by atoms with van der Waals surface area (Å²) in [5, 5.41) is 8.67. The van der Waals surface area contributed by atoms with Crippen LogP contribution < -0.4 is 4.74 Å². The summed E-state index contributed by atoms with van der Waals surface area (Å²) in [5.74, 6) is 0.967. The Kier molecular flexibility index (Phi) is 4.85.